The highest BCUT2D eigenvalue weighted by Gasteiger charge is 2.36. The van der Waals surface area contributed by atoms with Crippen LogP contribution in [-0.4, -0.2) is 157 Å². The number of nitrogen functional groups attached to an aromatic ring is 1. The van der Waals surface area contributed by atoms with Crippen LogP contribution in [0.15, 0.2) is 39.2 Å². The molecule has 32 heteroatoms. The molecule has 32 nitrogen and oxygen atoms in total. The van der Waals surface area contributed by atoms with Gasteiger partial charge in [0.2, 0.25) is 47.3 Å². The molecule has 1 aromatic rings. The van der Waals surface area contributed by atoms with Crippen LogP contribution in [0, 0.1) is 11.3 Å². The fourth-order valence-corrected chi connectivity index (χ4v) is 8.55. The van der Waals surface area contributed by atoms with Gasteiger partial charge in [-0.3, -0.25) is 63.5 Å². The lowest BCUT2D eigenvalue weighted by molar-refractivity contribution is -0.138. The third-order valence-electron chi connectivity index (χ3n) is 12.8. The largest absolute Gasteiger partial charge is 0.481 e. The number of amides is 9. The SMILES string of the molecule is CCCOC(=O)N[C@@H](Cc1ccc(C(=N)N)cc1)C(=O)N[C@@H](CCC(=O)O)C(=O)N[C@@H](CC(N)=O)C(=O)N[C@@H](CC1CCCCC1)C(=O)N[C@@H](CCCN=C(N)N)C(=O)N[C@@H](CCCN=C(N)N)C(=O)N[C@@H](CCCN=C(N)N)C(N)=O. The highest BCUT2D eigenvalue weighted by molar-refractivity contribution is 5.99. The Morgan fingerprint density at radius 1 is 0.561 bits per heavy atom. The molecule has 0 bridgehead atoms. The molecular formula is C50H84N20O12. The minimum Gasteiger partial charge on any atom is -0.481 e. The van der Waals surface area contributed by atoms with Crippen molar-refractivity contribution in [3.05, 3.63) is 35.4 Å². The van der Waals surface area contributed by atoms with Gasteiger partial charge in [0.05, 0.1) is 13.0 Å². The van der Waals surface area contributed by atoms with Gasteiger partial charge in [0, 0.05) is 38.0 Å². The molecule has 0 aromatic heterocycles. The number of aliphatic carboxylic acids is 1. The van der Waals surface area contributed by atoms with Gasteiger partial charge in [0.1, 0.15) is 48.1 Å². The molecule has 456 valence electrons. The Hall–Kier alpha value is -9.00. The maximum atomic E-state index is 14.6. The standard InChI is InChI=1S/C50H84N20O12/c1-2-23-82-50(81)70-35(25-28-14-16-29(17-15-28)39(52)53)45(79)67-33(18-19-38(72)73)43(77)69-36(26-37(51)71)46(80)68-34(24-27-9-4-3-5-10-27)44(78)66-32(13-8-22-63-49(59)60)42(76)65-31(12-7-21-62-48(57)58)41(75)64-30(40(54)74)11-6-20-61-47(55)56/h14-17,27,30-36H,2-13,18-26H2,1H3,(H2,51,71)(H3,52,53)(H2,54,74)(H,64,75)(H,65,76)(H,66,78)(H,67,79)(H,68,80)(H,69,77)(H,70,81)(H,72,73)(H4,55,56,61)(H4,57,58,62)(H4,59,60,63)/t30-,31-,32-,33-,34-,35-,36-/m0/s1. The number of rotatable bonds is 38. The maximum absolute atomic E-state index is 14.6. The molecule has 0 spiro atoms. The number of carboxylic acid groups (broad SMARTS) is 1. The molecule has 1 aromatic carbocycles. The van der Waals surface area contributed by atoms with E-state index in [0.717, 1.165) is 19.3 Å². The van der Waals surface area contributed by atoms with Crippen LogP contribution < -0.4 is 88.8 Å². The summed E-state index contributed by atoms with van der Waals surface area (Å²) in [5.74, 6) is -10.2. The number of carboxylic acids is 1. The van der Waals surface area contributed by atoms with Gasteiger partial charge in [0.25, 0.3) is 0 Å². The molecule has 0 heterocycles. The lowest BCUT2D eigenvalue weighted by atomic mass is 9.84. The summed E-state index contributed by atoms with van der Waals surface area (Å²) in [7, 11) is 0. The van der Waals surface area contributed by atoms with Gasteiger partial charge in [-0.1, -0.05) is 63.3 Å². The molecule has 1 aliphatic carbocycles. The first-order valence-electron chi connectivity index (χ1n) is 26.9. The van der Waals surface area contributed by atoms with Crippen molar-refractivity contribution in [2.45, 2.75) is 158 Å². The van der Waals surface area contributed by atoms with Crippen LogP contribution in [0.1, 0.15) is 121 Å². The van der Waals surface area contributed by atoms with Crippen molar-refractivity contribution in [2.75, 3.05) is 26.2 Å². The molecule has 1 aliphatic rings. The second kappa shape index (κ2) is 37.0. The summed E-state index contributed by atoms with van der Waals surface area (Å²) in [4.78, 5) is 147. The van der Waals surface area contributed by atoms with Crippen LogP contribution in [0.5, 0.6) is 0 Å². The van der Waals surface area contributed by atoms with E-state index < -0.39 is 121 Å². The number of aliphatic imine (C=N–C) groups is 3. The Bertz CT molecular complexity index is 2420. The molecular weight excluding hydrogens is 1070 g/mol. The molecule has 2 rings (SSSR count). The predicted octanol–water partition coefficient (Wildman–Crippen LogP) is -4.72. The zero-order chi connectivity index (χ0) is 61.3. The Morgan fingerprint density at radius 3 is 1.41 bits per heavy atom. The molecule has 1 fully saturated rings. The van der Waals surface area contributed by atoms with Gasteiger partial charge in [-0.2, -0.15) is 0 Å². The Morgan fingerprint density at radius 2 is 0.976 bits per heavy atom. The van der Waals surface area contributed by atoms with Gasteiger partial charge in [0.15, 0.2) is 17.9 Å². The van der Waals surface area contributed by atoms with Gasteiger partial charge in [-0.05, 0) is 69.3 Å². The Labute approximate surface area is 474 Å². The van der Waals surface area contributed by atoms with E-state index >= 15 is 0 Å². The third-order valence-corrected chi connectivity index (χ3v) is 12.8. The lowest BCUT2D eigenvalue weighted by Gasteiger charge is -2.30. The van der Waals surface area contributed by atoms with Crippen LogP contribution in [0.4, 0.5) is 4.79 Å². The summed E-state index contributed by atoms with van der Waals surface area (Å²) in [6.07, 6.45) is 1.28. The maximum Gasteiger partial charge on any atom is 0.407 e. The van der Waals surface area contributed by atoms with E-state index in [2.05, 4.69) is 52.2 Å². The first-order chi connectivity index (χ1) is 38.8. The molecule has 0 aliphatic heterocycles. The van der Waals surface area contributed by atoms with Crippen molar-refractivity contribution in [3.8, 4) is 0 Å². The highest BCUT2D eigenvalue weighted by atomic mass is 16.5. The summed E-state index contributed by atoms with van der Waals surface area (Å²) in [6.45, 7) is 1.88. The van der Waals surface area contributed by atoms with Crippen molar-refractivity contribution in [2.24, 2.45) is 72.5 Å². The fraction of sp³-hybridized carbons (Fsp3) is 0.600. The van der Waals surface area contributed by atoms with E-state index in [1.54, 1.807) is 19.1 Å². The summed E-state index contributed by atoms with van der Waals surface area (Å²) in [5, 5.41) is 35.0. The fourth-order valence-electron chi connectivity index (χ4n) is 8.55. The quantitative estimate of drug-likeness (QED) is 0.0168. The van der Waals surface area contributed by atoms with Crippen molar-refractivity contribution in [1.82, 2.24) is 37.2 Å². The monoisotopic (exact) mass is 1160 g/mol. The molecule has 0 saturated heterocycles. The predicted molar refractivity (Wildman–Crippen MR) is 302 cm³/mol. The summed E-state index contributed by atoms with van der Waals surface area (Å²) in [6, 6.07) is -4.33. The lowest BCUT2D eigenvalue weighted by Crippen LogP contribution is -2.60. The number of nitrogens with one attached hydrogen (secondary N) is 8. The van der Waals surface area contributed by atoms with Gasteiger partial charge in [-0.15, -0.1) is 0 Å². The Balaban J connectivity index is 2.56. The Kier molecular flexibility index (Phi) is 31.2. The van der Waals surface area contributed by atoms with E-state index in [0.29, 0.717) is 30.4 Å². The summed E-state index contributed by atoms with van der Waals surface area (Å²) in [5.41, 5.74) is 50.4. The second-order valence-electron chi connectivity index (χ2n) is 19.6. The number of hydrogen-bond donors (Lipinski definition) is 18. The number of carbonyl (C=O) groups is 10. The highest BCUT2D eigenvalue weighted by Crippen LogP contribution is 2.28. The van der Waals surface area contributed by atoms with Crippen molar-refractivity contribution >= 4 is 83.0 Å². The first kappa shape index (κ1) is 69.1. The molecule has 7 atom stereocenters. The summed E-state index contributed by atoms with van der Waals surface area (Å²) >= 11 is 0. The van der Waals surface area contributed by atoms with Crippen LogP contribution >= 0.6 is 0 Å². The van der Waals surface area contributed by atoms with Crippen LogP contribution in [0.25, 0.3) is 0 Å². The van der Waals surface area contributed by atoms with Crippen LogP contribution in [0.2, 0.25) is 0 Å². The van der Waals surface area contributed by atoms with Crippen molar-refractivity contribution < 1.29 is 57.8 Å². The number of amidine groups is 1. The minimum absolute atomic E-state index is 0.00276. The van der Waals surface area contributed by atoms with Gasteiger partial charge in [-0.25, -0.2) is 4.79 Å². The van der Waals surface area contributed by atoms with E-state index in [4.69, 9.17) is 61.7 Å². The number of carbonyl (C=O) groups excluding carboxylic acids is 9. The molecule has 27 N–H and O–H groups in total. The number of hydrogen-bond acceptors (Lipinski definition) is 15. The van der Waals surface area contributed by atoms with Crippen molar-refractivity contribution in [3.63, 3.8) is 0 Å². The zero-order valence-corrected chi connectivity index (χ0v) is 46.3. The van der Waals surface area contributed by atoms with Gasteiger partial charge < -0.3 is 98.7 Å². The molecule has 82 heavy (non-hydrogen) atoms. The molecule has 0 radical (unpaired) electrons. The average molecular weight is 1160 g/mol. The van der Waals surface area contributed by atoms with E-state index in [1.807, 2.05) is 0 Å². The number of benzene rings is 1. The number of ether oxygens (including phenoxy) is 1. The smallest absolute Gasteiger partial charge is 0.407 e. The van der Waals surface area contributed by atoms with Crippen LogP contribution in [0.3, 0.4) is 0 Å². The number of nitrogens with two attached hydrogens (primary N) is 9. The minimum atomic E-state index is -1.83. The van der Waals surface area contributed by atoms with E-state index in [-0.39, 0.29) is 107 Å². The number of primary amides is 2. The number of guanidine groups is 3. The number of alkyl carbamates (subject to hydrolysis) is 1. The first-order valence-corrected chi connectivity index (χ1v) is 26.9. The van der Waals surface area contributed by atoms with E-state index in [1.165, 1.54) is 12.1 Å². The number of nitrogens with zero attached hydrogens (tertiary/aromatic N) is 3. The third kappa shape index (κ3) is 28.2. The molecule has 0 unspecified atom stereocenters. The molecule has 9 amide bonds. The van der Waals surface area contributed by atoms with Gasteiger partial charge >= 0.3 is 12.1 Å². The van der Waals surface area contributed by atoms with E-state index in [9.17, 15) is 53.1 Å². The zero-order valence-electron chi connectivity index (χ0n) is 46.3. The summed E-state index contributed by atoms with van der Waals surface area (Å²) < 4.78 is 5.12. The van der Waals surface area contributed by atoms with Crippen molar-refractivity contribution in [1.29, 1.82) is 5.41 Å². The topological polar surface area (TPSA) is 579 Å². The average Bonchev–Trinajstić information content (AvgIpc) is 3.43. The molecule has 1 saturated carbocycles. The second-order valence-corrected chi connectivity index (χ2v) is 19.6. The normalized spacial score (nSPS) is 14.6. The van der Waals surface area contributed by atoms with Crippen LogP contribution in [-0.2, 0) is 54.3 Å².